The van der Waals surface area contributed by atoms with Crippen LogP contribution in [0, 0.1) is 6.92 Å². The van der Waals surface area contributed by atoms with Gasteiger partial charge in [0.2, 0.25) is 5.78 Å². The van der Waals surface area contributed by atoms with Gasteiger partial charge in [0.05, 0.1) is 5.75 Å². The van der Waals surface area contributed by atoms with Crippen LogP contribution in [-0.4, -0.2) is 11.5 Å². The van der Waals surface area contributed by atoms with Crippen LogP contribution >= 0.6 is 27.7 Å². The predicted molar refractivity (Wildman–Crippen MR) is 90.1 cm³/mol. The molecule has 4 heteroatoms. The Morgan fingerprint density at radius 1 is 1.14 bits per heavy atom. The molecule has 2 aromatic carbocycles. The lowest BCUT2D eigenvalue weighted by Crippen LogP contribution is -2.00. The minimum atomic E-state index is 0.0109. The number of halogens is 1. The second-order valence-electron chi connectivity index (χ2n) is 4.82. The monoisotopic (exact) mass is 360 g/mol. The maximum absolute atomic E-state index is 12.2. The van der Waals surface area contributed by atoms with E-state index in [1.165, 1.54) is 11.8 Å². The van der Waals surface area contributed by atoms with Gasteiger partial charge in [0.15, 0.2) is 5.76 Å². The first kappa shape index (κ1) is 14.4. The lowest BCUT2D eigenvalue weighted by atomic mass is 10.2. The molecule has 2 nitrogen and oxygen atoms in total. The van der Waals surface area contributed by atoms with Crippen molar-refractivity contribution in [3.63, 3.8) is 0 Å². The van der Waals surface area contributed by atoms with Crippen molar-refractivity contribution in [3.8, 4) is 0 Å². The highest BCUT2D eigenvalue weighted by atomic mass is 79.9. The molecule has 0 spiro atoms. The van der Waals surface area contributed by atoms with Gasteiger partial charge >= 0.3 is 0 Å². The van der Waals surface area contributed by atoms with Gasteiger partial charge in [0.25, 0.3) is 0 Å². The first-order valence-corrected chi connectivity index (χ1v) is 8.31. The van der Waals surface area contributed by atoms with Gasteiger partial charge < -0.3 is 4.42 Å². The summed E-state index contributed by atoms with van der Waals surface area (Å²) in [5, 5.41) is 0.979. The molecule has 21 heavy (non-hydrogen) atoms. The average molecular weight is 361 g/mol. The van der Waals surface area contributed by atoms with Gasteiger partial charge in [0.1, 0.15) is 5.58 Å². The van der Waals surface area contributed by atoms with Crippen LogP contribution in [0.5, 0.6) is 0 Å². The maximum atomic E-state index is 12.2. The topological polar surface area (TPSA) is 30.2 Å². The highest BCUT2D eigenvalue weighted by Gasteiger charge is 2.12. The number of benzene rings is 2. The Morgan fingerprint density at radius 3 is 2.67 bits per heavy atom. The molecule has 3 rings (SSSR count). The number of carbonyl (C=O) groups excluding carboxylic acids is 1. The van der Waals surface area contributed by atoms with Crippen LogP contribution in [0.4, 0.5) is 0 Å². The van der Waals surface area contributed by atoms with Crippen LogP contribution in [0.2, 0.25) is 0 Å². The van der Waals surface area contributed by atoms with E-state index in [9.17, 15) is 4.79 Å². The molecule has 0 saturated heterocycles. The summed E-state index contributed by atoms with van der Waals surface area (Å²) in [6, 6.07) is 15.7. The number of hydrogen-bond donors (Lipinski definition) is 0. The van der Waals surface area contributed by atoms with E-state index < -0.39 is 0 Å². The standard InChI is InChI=1S/C17H13BrO2S/c1-11-2-7-16-12(8-11)9-17(20-16)15(19)10-21-14-5-3-13(18)4-6-14/h2-9H,10H2,1H3. The lowest BCUT2D eigenvalue weighted by molar-refractivity contribution is 0.0994. The van der Waals surface area contributed by atoms with Crippen molar-refractivity contribution in [2.75, 3.05) is 5.75 Å². The Labute approximate surface area is 135 Å². The molecular formula is C17H13BrO2S. The molecule has 0 radical (unpaired) electrons. The molecule has 0 fully saturated rings. The van der Waals surface area contributed by atoms with E-state index in [2.05, 4.69) is 15.9 Å². The van der Waals surface area contributed by atoms with E-state index in [1.807, 2.05) is 55.5 Å². The van der Waals surface area contributed by atoms with E-state index >= 15 is 0 Å². The van der Waals surface area contributed by atoms with Crippen LogP contribution in [0.3, 0.4) is 0 Å². The van der Waals surface area contributed by atoms with Gasteiger partial charge in [-0.25, -0.2) is 0 Å². The van der Waals surface area contributed by atoms with Crippen molar-refractivity contribution in [3.05, 3.63) is 64.3 Å². The molecule has 0 aliphatic rings. The first-order chi connectivity index (χ1) is 10.1. The number of aryl methyl sites for hydroxylation is 1. The van der Waals surface area contributed by atoms with Crippen molar-refractivity contribution in [2.24, 2.45) is 0 Å². The molecule has 1 aromatic heterocycles. The minimum absolute atomic E-state index is 0.0109. The number of rotatable bonds is 4. The quantitative estimate of drug-likeness (QED) is 0.455. The Morgan fingerprint density at radius 2 is 1.90 bits per heavy atom. The molecule has 0 atom stereocenters. The van der Waals surface area contributed by atoms with Gasteiger partial charge in [-0.1, -0.05) is 27.6 Å². The summed E-state index contributed by atoms with van der Waals surface area (Å²) in [4.78, 5) is 13.3. The second kappa shape index (κ2) is 6.08. The largest absolute Gasteiger partial charge is 0.453 e. The predicted octanol–water partition coefficient (Wildman–Crippen LogP) is 5.48. The zero-order chi connectivity index (χ0) is 14.8. The van der Waals surface area contributed by atoms with Crippen LogP contribution in [-0.2, 0) is 0 Å². The summed E-state index contributed by atoms with van der Waals surface area (Å²) in [6.07, 6.45) is 0. The van der Waals surface area contributed by atoms with Gasteiger partial charge in [0, 0.05) is 14.8 Å². The number of ketones is 1. The molecule has 1 heterocycles. The Balaban J connectivity index is 1.73. The summed E-state index contributed by atoms with van der Waals surface area (Å²) in [7, 11) is 0. The zero-order valence-electron chi connectivity index (χ0n) is 11.4. The molecule has 0 aliphatic carbocycles. The smallest absolute Gasteiger partial charge is 0.208 e. The Bertz CT molecular complexity index is 790. The third-order valence-electron chi connectivity index (χ3n) is 3.13. The number of Topliss-reactive ketones (excluding diaryl/α,β-unsaturated/α-hetero) is 1. The Hall–Kier alpha value is -1.52. The van der Waals surface area contributed by atoms with Gasteiger partial charge in [-0.05, 0) is 49.4 Å². The first-order valence-electron chi connectivity index (χ1n) is 6.53. The molecule has 0 bridgehead atoms. The fraction of sp³-hybridized carbons (Fsp3) is 0.118. The van der Waals surface area contributed by atoms with Crippen molar-refractivity contribution in [1.29, 1.82) is 0 Å². The molecule has 3 aromatic rings. The summed E-state index contributed by atoms with van der Waals surface area (Å²) in [6.45, 7) is 2.03. The molecular weight excluding hydrogens is 348 g/mol. The summed E-state index contributed by atoms with van der Waals surface area (Å²) in [5.74, 6) is 0.817. The van der Waals surface area contributed by atoms with Crippen LogP contribution in [0.1, 0.15) is 16.1 Å². The zero-order valence-corrected chi connectivity index (χ0v) is 13.8. The van der Waals surface area contributed by atoms with Crippen molar-refractivity contribution < 1.29 is 9.21 Å². The maximum Gasteiger partial charge on any atom is 0.208 e. The number of hydrogen-bond acceptors (Lipinski definition) is 3. The highest BCUT2D eigenvalue weighted by Crippen LogP contribution is 2.24. The van der Waals surface area contributed by atoms with E-state index in [1.54, 1.807) is 0 Å². The van der Waals surface area contributed by atoms with Gasteiger partial charge in [-0.3, -0.25) is 4.79 Å². The summed E-state index contributed by atoms with van der Waals surface area (Å²) >= 11 is 4.91. The molecule has 106 valence electrons. The molecule has 0 unspecified atom stereocenters. The molecule has 0 amide bonds. The summed E-state index contributed by atoms with van der Waals surface area (Å²) in [5.41, 5.74) is 1.92. The third kappa shape index (κ3) is 3.39. The van der Waals surface area contributed by atoms with Gasteiger partial charge in [-0.15, -0.1) is 11.8 Å². The fourth-order valence-electron chi connectivity index (χ4n) is 2.05. The molecule has 0 saturated carbocycles. The third-order valence-corrected chi connectivity index (χ3v) is 4.67. The van der Waals surface area contributed by atoms with Crippen LogP contribution in [0.25, 0.3) is 11.0 Å². The fourth-order valence-corrected chi connectivity index (χ4v) is 3.08. The normalized spacial score (nSPS) is 11.0. The van der Waals surface area contributed by atoms with Crippen LogP contribution in [0.15, 0.2) is 62.3 Å². The van der Waals surface area contributed by atoms with E-state index in [-0.39, 0.29) is 5.78 Å². The highest BCUT2D eigenvalue weighted by molar-refractivity contribution is 9.10. The van der Waals surface area contributed by atoms with E-state index in [0.29, 0.717) is 11.5 Å². The number of carbonyl (C=O) groups is 1. The van der Waals surface area contributed by atoms with Crippen LogP contribution < -0.4 is 0 Å². The number of fused-ring (bicyclic) bond motifs is 1. The molecule has 0 aliphatic heterocycles. The van der Waals surface area contributed by atoms with E-state index in [0.717, 1.165) is 25.9 Å². The van der Waals surface area contributed by atoms with Crippen molar-refractivity contribution >= 4 is 44.4 Å². The number of furan rings is 1. The summed E-state index contributed by atoms with van der Waals surface area (Å²) < 4.78 is 6.66. The lowest BCUT2D eigenvalue weighted by Gasteiger charge is -1.99. The molecule has 0 N–H and O–H groups in total. The SMILES string of the molecule is Cc1ccc2oc(C(=O)CSc3ccc(Br)cc3)cc2c1. The second-order valence-corrected chi connectivity index (χ2v) is 6.78. The van der Waals surface area contributed by atoms with Crippen molar-refractivity contribution in [1.82, 2.24) is 0 Å². The van der Waals surface area contributed by atoms with Crippen molar-refractivity contribution in [2.45, 2.75) is 11.8 Å². The van der Waals surface area contributed by atoms with Gasteiger partial charge in [-0.2, -0.15) is 0 Å². The minimum Gasteiger partial charge on any atom is -0.453 e. The van der Waals surface area contributed by atoms with E-state index in [4.69, 9.17) is 4.42 Å². The number of thioether (sulfide) groups is 1. The Kier molecular flexibility index (Phi) is 4.17. The average Bonchev–Trinajstić information content (AvgIpc) is 2.89.